The maximum atomic E-state index is 7.11. The van der Waals surface area contributed by atoms with Gasteiger partial charge in [0.1, 0.15) is 66.7 Å². The maximum absolute atomic E-state index is 7.11. The molecular weight excluding hydrogens is 1060 g/mol. The summed E-state index contributed by atoms with van der Waals surface area (Å²) < 4.78 is 82.2. The van der Waals surface area contributed by atoms with Crippen LogP contribution in [0.5, 0.6) is 40.2 Å². The van der Waals surface area contributed by atoms with Crippen LogP contribution in [0.2, 0.25) is 0 Å². The molecule has 12 bridgehead atoms. The summed E-state index contributed by atoms with van der Waals surface area (Å²) in [6.07, 6.45) is 4.84. The summed E-state index contributed by atoms with van der Waals surface area (Å²) in [5.41, 5.74) is 11.9. The lowest BCUT2D eigenvalue weighted by Gasteiger charge is -2.28. The zero-order valence-electron chi connectivity index (χ0n) is 53.1. The van der Waals surface area contributed by atoms with Crippen LogP contribution in [-0.2, 0) is 70.3 Å². The van der Waals surface area contributed by atoms with Crippen LogP contribution in [0.3, 0.4) is 0 Å². The molecule has 5 aromatic rings. The van der Waals surface area contributed by atoms with Crippen LogP contribution < -0.4 is 33.2 Å². The highest BCUT2D eigenvalue weighted by atomic mass is 16.6. The Balaban J connectivity index is 1.32. The molecule has 0 N–H and O–H groups in total. The molecule has 0 radical (unpaired) electrons. The van der Waals surface area contributed by atoms with E-state index in [2.05, 4.69) is 132 Å². The van der Waals surface area contributed by atoms with Crippen molar-refractivity contribution in [2.45, 2.75) is 144 Å². The molecule has 13 nitrogen and oxygen atoms in total. The number of ether oxygens (including phenoxy) is 13. The molecular formula is C71H100O13. The SMILES string of the molecule is CCCOc1c2cc(C(C)(C)C)cc1Cc1cc(C(C)(C)C)cc(c1OCCC)Cc1cc3cc(c1OCCOCCOCCOCCOc1ccc(cc1)OCCOCCOCCOCCO3)Cc1cc(C(C)(C)C)cc(c1OCCC)C2. The first-order valence-corrected chi connectivity index (χ1v) is 31.1. The van der Waals surface area contributed by atoms with Crippen molar-refractivity contribution in [1.29, 1.82) is 0 Å². The van der Waals surface area contributed by atoms with Crippen molar-refractivity contribution in [2.24, 2.45) is 0 Å². The van der Waals surface area contributed by atoms with E-state index in [4.69, 9.17) is 61.6 Å². The summed E-state index contributed by atoms with van der Waals surface area (Å²) in [7, 11) is 0. The summed E-state index contributed by atoms with van der Waals surface area (Å²) in [4.78, 5) is 0. The van der Waals surface area contributed by atoms with Crippen molar-refractivity contribution in [1.82, 2.24) is 0 Å². The monoisotopic (exact) mass is 1160 g/mol. The van der Waals surface area contributed by atoms with Crippen molar-refractivity contribution in [3.05, 3.63) is 134 Å². The number of hydrogen-bond donors (Lipinski definition) is 0. The van der Waals surface area contributed by atoms with E-state index in [9.17, 15) is 0 Å². The predicted molar refractivity (Wildman–Crippen MR) is 334 cm³/mol. The molecule has 13 heteroatoms. The normalized spacial score (nSPS) is 16.5. The highest BCUT2D eigenvalue weighted by Gasteiger charge is 2.29. The molecule has 0 amide bonds. The Morgan fingerprint density at radius 1 is 0.298 bits per heavy atom. The summed E-state index contributed by atoms with van der Waals surface area (Å²) in [6, 6.07) is 26.1. The Kier molecular flexibility index (Phi) is 25.8. The van der Waals surface area contributed by atoms with Crippen molar-refractivity contribution in [2.75, 3.05) is 126 Å². The van der Waals surface area contributed by atoms with Gasteiger partial charge in [0.15, 0.2) is 0 Å². The fourth-order valence-corrected chi connectivity index (χ4v) is 10.2. The summed E-state index contributed by atoms with van der Waals surface area (Å²) in [5, 5.41) is 0. The Bertz CT molecular complexity index is 2660. The first kappa shape index (κ1) is 66.0. The van der Waals surface area contributed by atoms with Gasteiger partial charge in [-0.1, -0.05) is 119 Å². The molecule has 0 atom stereocenters. The molecule has 84 heavy (non-hydrogen) atoms. The third-order valence-electron chi connectivity index (χ3n) is 14.7. The van der Waals surface area contributed by atoms with Crippen LogP contribution >= 0.6 is 0 Å². The number of fused-ring (bicyclic) bond motifs is 6. The zero-order chi connectivity index (χ0) is 60.0. The van der Waals surface area contributed by atoms with Crippen LogP contribution in [0.25, 0.3) is 0 Å². The first-order valence-electron chi connectivity index (χ1n) is 31.1. The number of rotatable bonds is 9. The van der Waals surface area contributed by atoms with E-state index in [0.29, 0.717) is 151 Å². The van der Waals surface area contributed by atoms with Gasteiger partial charge in [0.2, 0.25) is 0 Å². The molecule has 0 unspecified atom stereocenters. The van der Waals surface area contributed by atoms with Gasteiger partial charge in [-0.2, -0.15) is 0 Å². The molecule has 4 aliphatic heterocycles. The fourth-order valence-electron chi connectivity index (χ4n) is 10.2. The summed E-state index contributed by atoms with van der Waals surface area (Å²) >= 11 is 0. The molecule has 10 rings (SSSR count). The Hall–Kier alpha value is -5.54. The van der Waals surface area contributed by atoms with Crippen molar-refractivity contribution >= 4 is 0 Å². The van der Waals surface area contributed by atoms with E-state index in [1.54, 1.807) is 0 Å². The second kappa shape index (κ2) is 32.8. The topological polar surface area (TPSA) is 120 Å². The molecule has 1 aliphatic carbocycles. The highest BCUT2D eigenvalue weighted by molar-refractivity contribution is 5.60. The van der Waals surface area contributed by atoms with Crippen LogP contribution in [0.15, 0.2) is 72.8 Å². The third-order valence-corrected chi connectivity index (χ3v) is 14.7. The molecule has 0 saturated heterocycles. The average Bonchev–Trinajstić information content (AvgIpc) is 1.23. The van der Waals surface area contributed by atoms with Gasteiger partial charge in [-0.05, 0) is 122 Å². The largest absolute Gasteiger partial charge is 0.493 e. The lowest BCUT2D eigenvalue weighted by atomic mass is 9.80. The molecule has 0 fully saturated rings. The van der Waals surface area contributed by atoms with Crippen LogP contribution in [0.1, 0.15) is 164 Å². The average molecular weight is 1160 g/mol. The second-order valence-corrected chi connectivity index (χ2v) is 25.0. The molecule has 0 saturated carbocycles. The molecule has 0 spiro atoms. The van der Waals surface area contributed by atoms with Gasteiger partial charge in [-0.25, -0.2) is 0 Å². The van der Waals surface area contributed by atoms with E-state index < -0.39 is 0 Å². The van der Waals surface area contributed by atoms with E-state index in [-0.39, 0.29) is 16.2 Å². The van der Waals surface area contributed by atoms with Gasteiger partial charge in [-0.3, -0.25) is 0 Å². The van der Waals surface area contributed by atoms with Gasteiger partial charge >= 0.3 is 0 Å². The van der Waals surface area contributed by atoms with Gasteiger partial charge in [-0.15, -0.1) is 0 Å². The smallest absolute Gasteiger partial charge is 0.126 e. The van der Waals surface area contributed by atoms with Crippen LogP contribution in [-0.4, -0.2) is 126 Å². The van der Waals surface area contributed by atoms with Crippen LogP contribution in [0.4, 0.5) is 0 Å². The molecule has 462 valence electrons. The van der Waals surface area contributed by atoms with Crippen molar-refractivity contribution in [3.8, 4) is 40.2 Å². The minimum absolute atomic E-state index is 0.137. The lowest BCUT2D eigenvalue weighted by Crippen LogP contribution is -2.17. The standard InChI is InChI=1S/C71H100O13/c1-13-20-81-65-51-39-53-45-60(70(7,8)9)47-55(66(53)82-21-14-2)41-57-49-64-50-58(42-56-48-61(71(10,11)12)46-54(67(56)83-22-15-3)40-52(65)44-59(43-51)69(4,5)6)68(57)84-38-34-77-30-26-73-24-28-75-32-36-79-63-18-16-62(17-19-63)78-35-31-74-27-23-72-25-29-76-33-37-80-64/h16-19,43-50H,13-15,20-42H2,1-12H3. The first-order chi connectivity index (χ1) is 40.4. The van der Waals surface area contributed by atoms with Gasteiger partial charge in [0.25, 0.3) is 0 Å². The Morgan fingerprint density at radius 2 is 0.536 bits per heavy atom. The highest BCUT2D eigenvalue weighted by Crippen LogP contribution is 2.44. The van der Waals surface area contributed by atoms with Gasteiger partial charge in [0, 0.05) is 36.8 Å². The summed E-state index contributed by atoms with van der Waals surface area (Å²) in [6.45, 7) is 35.5. The molecule has 5 aromatic carbocycles. The second-order valence-electron chi connectivity index (χ2n) is 25.0. The van der Waals surface area contributed by atoms with E-state index >= 15 is 0 Å². The van der Waals surface area contributed by atoms with Gasteiger partial charge < -0.3 is 61.6 Å². The minimum atomic E-state index is -0.179. The number of hydrogen-bond acceptors (Lipinski definition) is 13. The zero-order valence-corrected chi connectivity index (χ0v) is 53.1. The molecule has 0 aromatic heterocycles. The molecule has 4 heterocycles. The van der Waals surface area contributed by atoms with E-state index in [1.807, 2.05) is 24.3 Å². The molecule has 5 aliphatic rings. The Labute approximate surface area is 503 Å². The summed E-state index contributed by atoms with van der Waals surface area (Å²) in [5.74, 6) is 5.75. The Morgan fingerprint density at radius 3 is 0.798 bits per heavy atom. The lowest BCUT2D eigenvalue weighted by molar-refractivity contribution is 0.00462. The quantitative estimate of drug-likeness (QED) is 0.137. The number of benzene rings is 5. The maximum Gasteiger partial charge on any atom is 0.126 e. The third kappa shape index (κ3) is 20.3. The van der Waals surface area contributed by atoms with E-state index in [1.165, 1.54) is 16.7 Å². The van der Waals surface area contributed by atoms with E-state index in [0.717, 1.165) is 104 Å². The van der Waals surface area contributed by atoms with Crippen molar-refractivity contribution < 1.29 is 61.6 Å². The minimum Gasteiger partial charge on any atom is -0.493 e. The van der Waals surface area contributed by atoms with Gasteiger partial charge in [0.05, 0.1) is 99.1 Å². The van der Waals surface area contributed by atoms with Crippen molar-refractivity contribution in [3.63, 3.8) is 0 Å². The fraction of sp³-hybridized carbons (Fsp3) is 0.577. The predicted octanol–water partition coefficient (Wildman–Crippen LogP) is 14.0. The van der Waals surface area contributed by atoms with Crippen LogP contribution in [0, 0.1) is 0 Å².